The number of ether oxygens (including phenoxy) is 3. The smallest absolute Gasteiger partial charge is 0.193 e. The minimum Gasteiger partial charge on any atom is -0.507 e. The zero-order valence-electron chi connectivity index (χ0n) is 17.3. The van der Waals surface area contributed by atoms with Gasteiger partial charge in [-0.25, -0.2) is 8.78 Å². The first-order valence-corrected chi connectivity index (χ1v) is 9.13. The lowest BCUT2D eigenvalue weighted by atomic mass is 9.99. The molecule has 0 fully saturated rings. The Bertz CT molecular complexity index is 976. The molecule has 30 heavy (non-hydrogen) atoms. The van der Waals surface area contributed by atoms with Crippen LogP contribution in [0.3, 0.4) is 0 Å². The maximum Gasteiger partial charge on any atom is 0.193 e. The molecule has 0 amide bonds. The predicted molar refractivity (Wildman–Crippen MR) is 110 cm³/mol. The number of phenolic OH excluding ortho intramolecular Hbond substituents is 1. The fourth-order valence-corrected chi connectivity index (χ4v) is 2.72. The Kier molecular flexibility index (Phi) is 8.12. The number of ketones is 1. The van der Waals surface area contributed by atoms with Crippen molar-refractivity contribution >= 4 is 11.9 Å². The Morgan fingerprint density at radius 3 is 2.50 bits per heavy atom. The Morgan fingerprint density at radius 2 is 1.90 bits per heavy atom. The summed E-state index contributed by atoms with van der Waals surface area (Å²) in [6.07, 6.45) is 4.56. The Labute approximate surface area is 174 Å². The molecule has 0 heterocycles. The number of rotatable bonds is 9. The van der Waals surface area contributed by atoms with Crippen molar-refractivity contribution in [2.24, 2.45) is 0 Å². The molecule has 2 aromatic rings. The number of methoxy groups -OCH3 is 2. The van der Waals surface area contributed by atoms with E-state index in [2.05, 4.69) is 0 Å². The lowest BCUT2D eigenvalue weighted by Crippen LogP contribution is -2.09. The standard InChI is InChI=1S/C23H24F2O5/c1-14(2)5-9-17-20(27)12-21(29-4)22(23(17)30-13-28-3)19(26)10-7-15-6-8-16(24)11-18(15)25/h5-8,10-12,27H,9,13H2,1-4H3. The molecule has 0 aromatic heterocycles. The number of phenols is 1. The summed E-state index contributed by atoms with van der Waals surface area (Å²) in [5, 5.41) is 10.4. The Morgan fingerprint density at radius 1 is 1.17 bits per heavy atom. The number of allylic oxidation sites excluding steroid dienone is 3. The molecule has 160 valence electrons. The van der Waals surface area contributed by atoms with Crippen molar-refractivity contribution in [1.29, 1.82) is 0 Å². The lowest BCUT2D eigenvalue weighted by molar-refractivity contribution is 0.0494. The predicted octanol–water partition coefficient (Wildman–Crippen LogP) is 5.07. The van der Waals surface area contributed by atoms with Crippen LogP contribution in [0.5, 0.6) is 17.2 Å². The topological polar surface area (TPSA) is 65.0 Å². The first-order valence-electron chi connectivity index (χ1n) is 9.13. The summed E-state index contributed by atoms with van der Waals surface area (Å²) >= 11 is 0. The van der Waals surface area contributed by atoms with Crippen LogP contribution in [-0.4, -0.2) is 31.9 Å². The fraction of sp³-hybridized carbons (Fsp3) is 0.261. The van der Waals surface area contributed by atoms with Crippen molar-refractivity contribution in [3.05, 3.63) is 70.3 Å². The monoisotopic (exact) mass is 418 g/mol. The van der Waals surface area contributed by atoms with Crippen LogP contribution < -0.4 is 9.47 Å². The van der Waals surface area contributed by atoms with Crippen LogP contribution in [0.15, 0.2) is 42.0 Å². The maximum absolute atomic E-state index is 13.9. The molecule has 0 saturated carbocycles. The first kappa shape index (κ1) is 23.1. The summed E-state index contributed by atoms with van der Waals surface area (Å²) in [5.74, 6) is -1.94. The molecule has 0 radical (unpaired) electrons. The molecular weight excluding hydrogens is 394 g/mol. The third-order valence-corrected chi connectivity index (χ3v) is 4.20. The molecule has 0 unspecified atom stereocenters. The van der Waals surface area contributed by atoms with Crippen LogP contribution in [0, 0.1) is 11.6 Å². The number of benzene rings is 2. The molecule has 2 aromatic carbocycles. The number of carbonyl (C=O) groups excluding carboxylic acids is 1. The van der Waals surface area contributed by atoms with Gasteiger partial charge in [0.25, 0.3) is 0 Å². The minimum atomic E-state index is -0.795. The molecule has 2 rings (SSSR count). The van der Waals surface area contributed by atoms with E-state index >= 15 is 0 Å². The van der Waals surface area contributed by atoms with Gasteiger partial charge in [-0.05, 0) is 44.6 Å². The highest BCUT2D eigenvalue weighted by molar-refractivity contribution is 6.11. The maximum atomic E-state index is 13.9. The molecule has 5 nitrogen and oxygen atoms in total. The van der Waals surface area contributed by atoms with Crippen molar-refractivity contribution in [3.63, 3.8) is 0 Å². The van der Waals surface area contributed by atoms with Crippen molar-refractivity contribution in [1.82, 2.24) is 0 Å². The summed E-state index contributed by atoms with van der Waals surface area (Å²) in [6, 6.07) is 4.38. The second-order valence-corrected chi connectivity index (χ2v) is 6.68. The van der Waals surface area contributed by atoms with Crippen LogP contribution in [0.1, 0.15) is 35.3 Å². The molecule has 0 aliphatic carbocycles. The van der Waals surface area contributed by atoms with E-state index in [1.54, 1.807) is 0 Å². The van der Waals surface area contributed by atoms with Gasteiger partial charge in [0.1, 0.15) is 34.4 Å². The van der Waals surface area contributed by atoms with Crippen molar-refractivity contribution in [2.75, 3.05) is 21.0 Å². The van der Waals surface area contributed by atoms with Gasteiger partial charge in [0.05, 0.1) is 7.11 Å². The largest absolute Gasteiger partial charge is 0.507 e. The molecule has 0 spiro atoms. The SMILES string of the molecule is COCOc1c(CC=C(C)C)c(O)cc(OC)c1C(=O)C=Cc1ccc(F)cc1F. The third-order valence-electron chi connectivity index (χ3n) is 4.20. The molecule has 7 heteroatoms. The van der Waals surface area contributed by atoms with E-state index in [-0.39, 0.29) is 35.2 Å². The zero-order chi connectivity index (χ0) is 22.3. The molecule has 0 aliphatic rings. The highest BCUT2D eigenvalue weighted by Gasteiger charge is 2.24. The van der Waals surface area contributed by atoms with Gasteiger partial charge < -0.3 is 19.3 Å². The second-order valence-electron chi connectivity index (χ2n) is 6.68. The number of aromatic hydroxyl groups is 1. The van der Waals surface area contributed by atoms with E-state index in [1.165, 1.54) is 32.4 Å². The first-order chi connectivity index (χ1) is 14.3. The summed E-state index contributed by atoms with van der Waals surface area (Å²) in [7, 11) is 2.78. The van der Waals surface area contributed by atoms with E-state index in [4.69, 9.17) is 14.2 Å². The van der Waals surface area contributed by atoms with Crippen molar-refractivity contribution < 1.29 is 32.9 Å². The van der Waals surface area contributed by atoms with Gasteiger partial charge in [0.15, 0.2) is 12.6 Å². The lowest BCUT2D eigenvalue weighted by Gasteiger charge is -2.18. The van der Waals surface area contributed by atoms with E-state index in [9.17, 15) is 18.7 Å². The number of hydrogen-bond donors (Lipinski definition) is 1. The average molecular weight is 418 g/mol. The normalized spacial score (nSPS) is 10.9. The highest BCUT2D eigenvalue weighted by Crippen LogP contribution is 2.40. The fourth-order valence-electron chi connectivity index (χ4n) is 2.72. The number of hydrogen-bond acceptors (Lipinski definition) is 5. The average Bonchev–Trinajstić information content (AvgIpc) is 2.69. The van der Waals surface area contributed by atoms with Crippen LogP contribution in [0.25, 0.3) is 6.08 Å². The molecule has 0 atom stereocenters. The van der Waals surface area contributed by atoms with Crippen molar-refractivity contribution in [2.45, 2.75) is 20.3 Å². The zero-order valence-corrected chi connectivity index (χ0v) is 17.3. The second kappa shape index (κ2) is 10.5. The quantitative estimate of drug-likeness (QED) is 0.267. The van der Waals surface area contributed by atoms with Gasteiger partial charge >= 0.3 is 0 Å². The molecule has 0 aliphatic heterocycles. The van der Waals surface area contributed by atoms with E-state index in [0.29, 0.717) is 12.0 Å². The summed E-state index contributed by atoms with van der Waals surface area (Å²) in [6.45, 7) is 3.65. The van der Waals surface area contributed by atoms with Gasteiger partial charge in [-0.1, -0.05) is 11.6 Å². The molecule has 1 N–H and O–H groups in total. The van der Waals surface area contributed by atoms with Crippen molar-refractivity contribution in [3.8, 4) is 17.2 Å². The summed E-state index contributed by atoms with van der Waals surface area (Å²) in [5.41, 5.74) is 1.51. The van der Waals surface area contributed by atoms with Gasteiger partial charge in [-0.3, -0.25) is 4.79 Å². The Hall–Kier alpha value is -3.19. The van der Waals surface area contributed by atoms with Gasteiger partial charge in [0.2, 0.25) is 0 Å². The highest BCUT2D eigenvalue weighted by atomic mass is 19.1. The van der Waals surface area contributed by atoms with Crippen LogP contribution in [-0.2, 0) is 11.2 Å². The van der Waals surface area contributed by atoms with Gasteiger partial charge in [-0.2, -0.15) is 0 Å². The molecular formula is C23H24F2O5. The van der Waals surface area contributed by atoms with Crippen LogP contribution in [0.2, 0.25) is 0 Å². The molecule has 0 bridgehead atoms. The van der Waals surface area contributed by atoms with Gasteiger partial charge in [0, 0.05) is 30.4 Å². The Balaban J connectivity index is 2.56. The van der Waals surface area contributed by atoms with E-state index < -0.39 is 17.4 Å². The summed E-state index contributed by atoms with van der Waals surface area (Å²) in [4.78, 5) is 13.0. The van der Waals surface area contributed by atoms with E-state index in [0.717, 1.165) is 23.8 Å². The number of halogens is 2. The number of carbonyl (C=O) groups is 1. The van der Waals surface area contributed by atoms with Gasteiger partial charge in [-0.15, -0.1) is 0 Å². The van der Waals surface area contributed by atoms with E-state index in [1.807, 2.05) is 19.9 Å². The molecule has 0 saturated heterocycles. The summed E-state index contributed by atoms with van der Waals surface area (Å²) < 4.78 is 42.8. The van der Waals surface area contributed by atoms with Crippen LogP contribution in [0.4, 0.5) is 8.78 Å². The minimum absolute atomic E-state index is 0.0478. The third kappa shape index (κ3) is 5.67. The van der Waals surface area contributed by atoms with Crippen LogP contribution >= 0.6 is 0 Å².